The second-order valence-electron chi connectivity index (χ2n) is 4.23. The van der Waals surface area contributed by atoms with E-state index < -0.39 is 17.6 Å². The van der Waals surface area contributed by atoms with Crippen molar-refractivity contribution in [3.05, 3.63) is 29.8 Å². The molecule has 0 unspecified atom stereocenters. The van der Waals surface area contributed by atoms with E-state index in [4.69, 9.17) is 0 Å². The number of amides is 1. The molecule has 0 bridgehead atoms. The fourth-order valence-corrected chi connectivity index (χ4v) is 2.61. The van der Waals surface area contributed by atoms with E-state index in [9.17, 15) is 18.0 Å². The summed E-state index contributed by atoms with van der Waals surface area (Å²) in [6.45, 7) is 0. The van der Waals surface area contributed by atoms with Crippen LogP contribution in [-0.4, -0.2) is 18.3 Å². The lowest BCUT2D eigenvalue weighted by molar-refractivity contribution is -0.174. The largest absolute Gasteiger partial charge is 0.471 e. The molecule has 1 aromatic rings. The molecule has 0 radical (unpaired) electrons. The molecule has 18 heavy (non-hydrogen) atoms. The van der Waals surface area contributed by atoms with Crippen molar-refractivity contribution in [1.29, 1.82) is 0 Å². The van der Waals surface area contributed by atoms with Gasteiger partial charge in [-0.1, -0.05) is 18.2 Å². The third-order valence-electron chi connectivity index (χ3n) is 2.98. The molecule has 98 valence electrons. The maximum atomic E-state index is 12.3. The third-order valence-corrected chi connectivity index (χ3v) is 3.78. The number of hydrogen-bond donors (Lipinski definition) is 1. The van der Waals surface area contributed by atoms with Crippen molar-refractivity contribution in [3.8, 4) is 0 Å². The normalized spacial score (nSPS) is 17.3. The molecule has 0 aromatic heterocycles. The summed E-state index contributed by atoms with van der Waals surface area (Å²) in [7, 11) is 0. The first kappa shape index (κ1) is 13.3. The highest BCUT2D eigenvalue weighted by atomic mass is 32.2. The molecule has 1 aromatic carbocycles. The van der Waals surface area contributed by atoms with Gasteiger partial charge >= 0.3 is 12.1 Å². The van der Waals surface area contributed by atoms with E-state index in [0.29, 0.717) is 12.8 Å². The summed E-state index contributed by atoms with van der Waals surface area (Å²) >= 11 is 1.46. The second-order valence-corrected chi connectivity index (χ2v) is 5.08. The van der Waals surface area contributed by atoms with Gasteiger partial charge in [-0.2, -0.15) is 13.2 Å². The molecular formula is C12H12F3NOS. The molecule has 0 saturated heterocycles. The SMILES string of the molecule is CSc1ccccc1C1(NC(=O)C(F)(F)F)CC1. The molecule has 0 spiro atoms. The Balaban J connectivity index is 2.25. The Morgan fingerprint density at radius 1 is 1.33 bits per heavy atom. The van der Waals surface area contributed by atoms with Gasteiger partial charge in [-0.3, -0.25) is 4.79 Å². The Hall–Kier alpha value is -1.17. The molecule has 2 rings (SSSR count). The monoisotopic (exact) mass is 275 g/mol. The van der Waals surface area contributed by atoms with Crippen LogP contribution in [0, 0.1) is 0 Å². The van der Waals surface area contributed by atoms with Crippen LogP contribution >= 0.6 is 11.8 Å². The van der Waals surface area contributed by atoms with Crippen molar-refractivity contribution in [3.63, 3.8) is 0 Å². The summed E-state index contributed by atoms with van der Waals surface area (Å²) in [5.74, 6) is -1.86. The molecule has 1 aliphatic rings. The van der Waals surface area contributed by atoms with Crippen molar-refractivity contribution in [1.82, 2.24) is 5.32 Å². The number of alkyl halides is 3. The summed E-state index contributed by atoms with van der Waals surface area (Å²) < 4.78 is 36.9. The zero-order valence-electron chi connectivity index (χ0n) is 9.67. The highest BCUT2D eigenvalue weighted by Crippen LogP contribution is 2.48. The lowest BCUT2D eigenvalue weighted by atomic mass is 10.0. The van der Waals surface area contributed by atoms with Crippen LogP contribution in [0.4, 0.5) is 13.2 Å². The first-order chi connectivity index (χ1) is 8.39. The minimum atomic E-state index is -4.83. The van der Waals surface area contributed by atoms with E-state index in [1.807, 2.05) is 18.4 Å². The second kappa shape index (κ2) is 4.50. The molecule has 1 aliphatic carbocycles. The summed E-state index contributed by atoms with van der Waals surface area (Å²) in [5, 5.41) is 2.12. The van der Waals surface area contributed by atoms with Gasteiger partial charge in [0.15, 0.2) is 0 Å². The molecule has 1 fully saturated rings. The van der Waals surface area contributed by atoms with E-state index in [1.165, 1.54) is 11.8 Å². The molecule has 2 nitrogen and oxygen atoms in total. The van der Waals surface area contributed by atoms with Crippen LogP contribution in [0.2, 0.25) is 0 Å². The van der Waals surface area contributed by atoms with Gasteiger partial charge in [0, 0.05) is 4.90 Å². The van der Waals surface area contributed by atoms with Crippen molar-refractivity contribution in [2.45, 2.75) is 29.5 Å². The highest BCUT2D eigenvalue weighted by Gasteiger charge is 2.51. The third kappa shape index (κ3) is 2.48. The topological polar surface area (TPSA) is 29.1 Å². The molecule has 1 saturated carbocycles. The summed E-state index contributed by atoms with van der Waals surface area (Å²) in [6, 6.07) is 7.22. The van der Waals surface area contributed by atoms with E-state index in [-0.39, 0.29) is 0 Å². The van der Waals surface area contributed by atoms with Crippen LogP contribution in [0.1, 0.15) is 18.4 Å². The smallest absolute Gasteiger partial charge is 0.339 e. The van der Waals surface area contributed by atoms with Crippen molar-refractivity contribution < 1.29 is 18.0 Å². The van der Waals surface area contributed by atoms with Crippen LogP contribution in [0.5, 0.6) is 0 Å². The van der Waals surface area contributed by atoms with Gasteiger partial charge in [0.05, 0.1) is 5.54 Å². The number of halogens is 3. The maximum absolute atomic E-state index is 12.3. The number of nitrogens with one attached hydrogen (secondary N) is 1. The van der Waals surface area contributed by atoms with E-state index in [2.05, 4.69) is 5.32 Å². The number of benzene rings is 1. The summed E-state index contributed by atoms with van der Waals surface area (Å²) in [4.78, 5) is 12.0. The van der Waals surface area contributed by atoms with Crippen LogP contribution in [-0.2, 0) is 10.3 Å². The van der Waals surface area contributed by atoms with Gasteiger partial charge in [0.25, 0.3) is 0 Å². The average molecular weight is 275 g/mol. The van der Waals surface area contributed by atoms with Gasteiger partial charge in [-0.05, 0) is 30.7 Å². The van der Waals surface area contributed by atoms with Crippen LogP contribution in [0.3, 0.4) is 0 Å². The Morgan fingerprint density at radius 2 is 1.94 bits per heavy atom. The van der Waals surface area contributed by atoms with E-state index in [1.54, 1.807) is 12.1 Å². The molecular weight excluding hydrogens is 263 g/mol. The minimum Gasteiger partial charge on any atom is -0.339 e. The molecule has 0 heterocycles. The average Bonchev–Trinajstić information content (AvgIpc) is 3.08. The summed E-state index contributed by atoms with van der Waals surface area (Å²) in [5.41, 5.74) is -0.0539. The van der Waals surface area contributed by atoms with Crippen molar-refractivity contribution >= 4 is 17.7 Å². The number of carbonyl (C=O) groups is 1. The van der Waals surface area contributed by atoms with Crippen molar-refractivity contribution in [2.75, 3.05) is 6.26 Å². The zero-order chi connectivity index (χ0) is 13.4. The van der Waals surface area contributed by atoms with Gasteiger partial charge < -0.3 is 5.32 Å². The summed E-state index contributed by atoms with van der Waals surface area (Å²) in [6.07, 6.45) is -1.87. The van der Waals surface area contributed by atoms with E-state index >= 15 is 0 Å². The fourth-order valence-electron chi connectivity index (χ4n) is 1.91. The molecule has 1 amide bonds. The Kier molecular flexibility index (Phi) is 3.31. The molecule has 6 heteroatoms. The molecule has 1 N–H and O–H groups in total. The maximum Gasteiger partial charge on any atom is 0.471 e. The van der Waals surface area contributed by atoms with Gasteiger partial charge in [0.1, 0.15) is 0 Å². The molecule has 0 atom stereocenters. The Morgan fingerprint density at radius 3 is 2.44 bits per heavy atom. The van der Waals surface area contributed by atoms with Gasteiger partial charge in [0.2, 0.25) is 0 Å². The first-order valence-corrected chi connectivity index (χ1v) is 6.64. The van der Waals surface area contributed by atoms with E-state index in [0.717, 1.165) is 10.5 Å². The number of carbonyl (C=O) groups excluding carboxylic acids is 1. The number of rotatable bonds is 3. The Bertz CT molecular complexity index is 469. The zero-order valence-corrected chi connectivity index (χ0v) is 10.5. The number of hydrogen-bond acceptors (Lipinski definition) is 2. The van der Waals surface area contributed by atoms with Crippen molar-refractivity contribution in [2.24, 2.45) is 0 Å². The van der Waals surface area contributed by atoms with Crippen LogP contribution in [0.25, 0.3) is 0 Å². The van der Waals surface area contributed by atoms with Crippen LogP contribution < -0.4 is 5.32 Å². The highest BCUT2D eigenvalue weighted by molar-refractivity contribution is 7.98. The number of thioether (sulfide) groups is 1. The molecule has 0 aliphatic heterocycles. The van der Waals surface area contributed by atoms with Gasteiger partial charge in [-0.15, -0.1) is 11.8 Å². The first-order valence-electron chi connectivity index (χ1n) is 5.42. The van der Waals surface area contributed by atoms with Crippen LogP contribution in [0.15, 0.2) is 29.2 Å². The lowest BCUT2D eigenvalue weighted by Gasteiger charge is -2.21. The Labute approximate surface area is 107 Å². The minimum absolute atomic E-state index is 0.548. The quantitative estimate of drug-likeness (QED) is 0.859. The fraction of sp³-hybridized carbons (Fsp3) is 0.417. The standard InChI is InChI=1S/C12H12F3NOS/c1-18-9-5-3-2-4-8(9)11(6-7-11)16-10(17)12(13,14)15/h2-5H,6-7H2,1H3,(H,16,17). The predicted molar refractivity (Wildman–Crippen MR) is 63.3 cm³/mol. The van der Waals surface area contributed by atoms with Gasteiger partial charge in [-0.25, -0.2) is 0 Å². The predicted octanol–water partition coefficient (Wildman–Crippen LogP) is 3.08. The lowest BCUT2D eigenvalue weighted by Crippen LogP contribution is -2.43.